The number of furan rings is 1. The number of amides is 1. The summed E-state index contributed by atoms with van der Waals surface area (Å²) in [6.07, 6.45) is 8.13. The van der Waals surface area contributed by atoms with Crippen molar-refractivity contribution in [2.45, 2.75) is 32.6 Å². The first-order valence-corrected chi connectivity index (χ1v) is 11.7. The first-order valence-electron chi connectivity index (χ1n) is 11.7. The summed E-state index contributed by atoms with van der Waals surface area (Å²) in [4.78, 5) is 14.9. The Hall–Kier alpha value is -3.53. The number of carbonyl (C=O) groups is 1. The molecule has 0 spiro atoms. The van der Waals surface area contributed by atoms with Crippen molar-refractivity contribution in [3.8, 4) is 16.9 Å². The largest absolute Gasteiger partial charge is 0.496 e. The predicted molar refractivity (Wildman–Crippen MR) is 134 cm³/mol. The second kappa shape index (κ2) is 9.14. The Morgan fingerprint density at radius 1 is 0.970 bits per heavy atom. The van der Waals surface area contributed by atoms with Crippen LogP contribution in [0.25, 0.3) is 38.4 Å². The number of likely N-dealkylation sites (tertiary alicyclic amines) is 1. The smallest absolute Gasteiger partial charge is 0.246 e. The van der Waals surface area contributed by atoms with E-state index >= 15 is 0 Å². The summed E-state index contributed by atoms with van der Waals surface area (Å²) in [5.41, 5.74) is 4.72. The van der Waals surface area contributed by atoms with Crippen LogP contribution in [-0.2, 0) is 4.79 Å². The molecule has 0 bridgehead atoms. The summed E-state index contributed by atoms with van der Waals surface area (Å²) in [7, 11) is 1.65. The van der Waals surface area contributed by atoms with Crippen molar-refractivity contribution in [3.05, 3.63) is 72.5 Å². The van der Waals surface area contributed by atoms with Gasteiger partial charge in [-0.05, 0) is 53.8 Å². The van der Waals surface area contributed by atoms with Crippen LogP contribution in [0.3, 0.4) is 0 Å². The Bertz CT molecular complexity index is 1340. The average molecular weight is 440 g/mol. The van der Waals surface area contributed by atoms with Crippen molar-refractivity contribution >= 4 is 33.2 Å². The van der Waals surface area contributed by atoms with Gasteiger partial charge in [0.25, 0.3) is 0 Å². The number of fused-ring (bicyclic) bond motifs is 2. The van der Waals surface area contributed by atoms with Crippen LogP contribution in [-0.4, -0.2) is 31.0 Å². The number of methoxy groups -OCH3 is 1. The molecule has 4 nitrogen and oxygen atoms in total. The fourth-order valence-electron chi connectivity index (χ4n) is 4.76. The molecule has 2 heterocycles. The molecule has 1 amide bonds. The highest BCUT2D eigenvalue weighted by Crippen LogP contribution is 2.38. The van der Waals surface area contributed by atoms with Gasteiger partial charge >= 0.3 is 0 Å². The molecule has 4 heteroatoms. The second-order valence-corrected chi connectivity index (χ2v) is 8.83. The third-order valence-corrected chi connectivity index (χ3v) is 6.64. The summed E-state index contributed by atoms with van der Waals surface area (Å²) in [6, 6.07) is 18.8. The minimum atomic E-state index is 0.0819. The molecular formula is C29H29NO3. The van der Waals surface area contributed by atoms with E-state index in [0.29, 0.717) is 5.75 Å². The second-order valence-electron chi connectivity index (χ2n) is 8.83. The molecule has 33 heavy (non-hydrogen) atoms. The monoisotopic (exact) mass is 439 g/mol. The van der Waals surface area contributed by atoms with Gasteiger partial charge in [-0.3, -0.25) is 4.79 Å². The first-order chi connectivity index (χ1) is 16.1. The zero-order chi connectivity index (χ0) is 22.8. The number of hydrogen-bond acceptors (Lipinski definition) is 3. The number of rotatable bonds is 4. The van der Waals surface area contributed by atoms with Gasteiger partial charge in [-0.25, -0.2) is 0 Å². The fourth-order valence-corrected chi connectivity index (χ4v) is 4.76. The Kier molecular flexibility index (Phi) is 5.91. The van der Waals surface area contributed by atoms with Gasteiger partial charge in [0, 0.05) is 41.7 Å². The molecule has 1 fully saturated rings. The SMILES string of the molecule is COc1cc2occ(-c3ccc4ccccc4c3)c2cc1/C(C)=C/C(=O)N1CCCCCC1. The molecule has 0 atom stereocenters. The number of ether oxygens (including phenoxy) is 1. The number of nitrogens with zero attached hydrogens (tertiary/aromatic N) is 1. The molecule has 0 N–H and O–H groups in total. The van der Waals surface area contributed by atoms with Crippen molar-refractivity contribution in [2.24, 2.45) is 0 Å². The molecule has 0 radical (unpaired) electrons. The van der Waals surface area contributed by atoms with Crippen LogP contribution in [0.1, 0.15) is 38.2 Å². The third-order valence-electron chi connectivity index (χ3n) is 6.64. The van der Waals surface area contributed by atoms with E-state index in [1.807, 2.05) is 17.9 Å². The molecule has 3 aromatic carbocycles. The van der Waals surface area contributed by atoms with E-state index in [1.165, 1.54) is 23.6 Å². The van der Waals surface area contributed by atoms with Gasteiger partial charge < -0.3 is 14.1 Å². The topological polar surface area (TPSA) is 42.7 Å². The van der Waals surface area contributed by atoms with Crippen LogP contribution in [0.4, 0.5) is 0 Å². The lowest BCUT2D eigenvalue weighted by Crippen LogP contribution is -2.30. The number of carbonyl (C=O) groups excluding carboxylic acids is 1. The Balaban J connectivity index is 1.55. The molecule has 5 rings (SSSR count). The maximum atomic E-state index is 13.0. The lowest BCUT2D eigenvalue weighted by atomic mass is 9.97. The minimum absolute atomic E-state index is 0.0819. The minimum Gasteiger partial charge on any atom is -0.496 e. The molecule has 1 saturated heterocycles. The van der Waals surface area contributed by atoms with E-state index in [-0.39, 0.29) is 5.91 Å². The van der Waals surface area contributed by atoms with Crippen molar-refractivity contribution in [1.29, 1.82) is 0 Å². The number of benzene rings is 3. The summed E-state index contributed by atoms with van der Waals surface area (Å²) >= 11 is 0. The van der Waals surface area contributed by atoms with Gasteiger partial charge in [0.15, 0.2) is 0 Å². The molecule has 0 saturated carbocycles. The normalized spacial score (nSPS) is 15.1. The zero-order valence-electron chi connectivity index (χ0n) is 19.3. The van der Waals surface area contributed by atoms with Crippen molar-refractivity contribution in [2.75, 3.05) is 20.2 Å². The lowest BCUT2D eigenvalue weighted by Gasteiger charge is -2.19. The summed E-state index contributed by atoms with van der Waals surface area (Å²) in [6.45, 7) is 3.66. The lowest BCUT2D eigenvalue weighted by molar-refractivity contribution is -0.125. The highest BCUT2D eigenvalue weighted by Gasteiger charge is 2.17. The summed E-state index contributed by atoms with van der Waals surface area (Å²) < 4.78 is 11.6. The van der Waals surface area contributed by atoms with Crippen LogP contribution in [0, 0.1) is 0 Å². The predicted octanol–water partition coefficient (Wildman–Crippen LogP) is 7.07. The van der Waals surface area contributed by atoms with Crippen LogP contribution in [0.2, 0.25) is 0 Å². The molecular weight excluding hydrogens is 410 g/mol. The maximum Gasteiger partial charge on any atom is 0.246 e. The van der Waals surface area contributed by atoms with Gasteiger partial charge in [0.2, 0.25) is 5.91 Å². The van der Waals surface area contributed by atoms with Gasteiger partial charge in [-0.1, -0.05) is 49.2 Å². The van der Waals surface area contributed by atoms with Crippen LogP contribution >= 0.6 is 0 Å². The van der Waals surface area contributed by atoms with Crippen molar-refractivity contribution < 1.29 is 13.9 Å². The fraction of sp³-hybridized carbons (Fsp3) is 0.276. The first kappa shape index (κ1) is 21.3. The Morgan fingerprint density at radius 2 is 1.73 bits per heavy atom. The zero-order valence-corrected chi connectivity index (χ0v) is 19.3. The molecule has 4 aromatic rings. The Morgan fingerprint density at radius 3 is 2.48 bits per heavy atom. The molecule has 168 valence electrons. The van der Waals surface area contributed by atoms with E-state index in [4.69, 9.17) is 9.15 Å². The van der Waals surface area contributed by atoms with Gasteiger partial charge in [0.1, 0.15) is 11.3 Å². The molecule has 1 aliphatic rings. The summed E-state index contributed by atoms with van der Waals surface area (Å²) in [5, 5.41) is 3.41. The van der Waals surface area contributed by atoms with Gasteiger partial charge in [0.05, 0.1) is 13.4 Å². The molecule has 0 aliphatic carbocycles. The highest BCUT2D eigenvalue weighted by molar-refractivity contribution is 6.01. The maximum absolute atomic E-state index is 13.0. The Labute approximate surface area is 194 Å². The summed E-state index contributed by atoms with van der Waals surface area (Å²) in [5.74, 6) is 0.790. The molecule has 1 aliphatic heterocycles. The molecule has 1 aromatic heterocycles. The van der Waals surface area contributed by atoms with E-state index in [0.717, 1.165) is 59.2 Å². The third kappa shape index (κ3) is 4.25. The van der Waals surface area contributed by atoms with E-state index in [9.17, 15) is 4.79 Å². The van der Waals surface area contributed by atoms with Crippen LogP contribution in [0.15, 0.2) is 71.4 Å². The van der Waals surface area contributed by atoms with Crippen molar-refractivity contribution in [1.82, 2.24) is 4.90 Å². The molecule has 0 unspecified atom stereocenters. The van der Waals surface area contributed by atoms with Crippen molar-refractivity contribution in [3.63, 3.8) is 0 Å². The van der Waals surface area contributed by atoms with E-state index < -0.39 is 0 Å². The van der Waals surface area contributed by atoms with Gasteiger partial charge in [-0.15, -0.1) is 0 Å². The standard InChI is InChI=1S/C29H29NO3/c1-20(15-29(31)30-13-7-3-4-8-14-30)24-17-25-26(19-33-28(25)18-27(24)32-2)23-12-11-21-9-5-6-10-22(21)16-23/h5-6,9-12,15-19H,3-4,7-8,13-14H2,1-2H3/b20-15+. The quantitative estimate of drug-likeness (QED) is 0.319. The van der Waals surface area contributed by atoms with Gasteiger partial charge in [-0.2, -0.15) is 0 Å². The average Bonchev–Trinajstić information content (AvgIpc) is 3.06. The van der Waals surface area contributed by atoms with E-state index in [1.54, 1.807) is 19.4 Å². The highest BCUT2D eigenvalue weighted by atomic mass is 16.5. The van der Waals surface area contributed by atoms with Crippen LogP contribution < -0.4 is 4.74 Å². The number of hydrogen-bond donors (Lipinski definition) is 0. The number of allylic oxidation sites excluding steroid dienone is 1. The van der Waals surface area contributed by atoms with E-state index in [2.05, 4.69) is 48.5 Å². The van der Waals surface area contributed by atoms with Crippen LogP contribution in [0.5, 0.6) is 5.75 Å².